The molecule has 1 amide bonds. The fourth-order valence-corrected chi connectivity index (χ4v) is 1.56. The Labute approximate surface area is 78.7 Å². The second kappa shape index (κ2) is 4.58. The van der Waals surface area contributed by atoms with Gasteiger partial charge in [0.2, 0.25) is 5.91 Å². The molecule has 1 aliphatic rings. The maximum atomic E-state index is 11.4. The molecule has 13 heavy (non-hydrogen) atoms. The fraction of sp³-hybridized carbons (Fsp3) is 0.889. The van der Waals surface area contributed by atoms with E-state index in [1.165, 1.54) is 0 Å². The summed E-state index contributed by atoms with van der Waals surface area (Å²) in [5.74, 6) is 0.371. The Morgan fingerprint density at radius 2 is 2.38 bits per heavy atom. The van der Waals surface area contributed by atoms with Crippen LogP contribution in [0.3, 0.4) is 0 Å². The molecule has 1 saturated heterocycles. The van der Waals surface area contributed by atoms with Crippen molar-refractivity contribution >= 4 is 5.91 Å². The molecule has 4 heteroatoms. The van der Waals surface area contributed by atoms with Crippen LogP contribution in [-0.4, -0.2) is 41.7 Å². The van der Waals surface area contributed by atoms with Crippen molar-refractivity contribution in [3.63, 3.8) is 0 Å². The number of hydrogen-bond donors (Lipinski definition) is 2. The van der Waals surface area contributed by atoms with Crippen molar-refractivity contribution in [2.75, 3.05) is 19.6 Å². The highest BCUT2D eigenvalue weighted by atomic mass is 16.3. The lowest BCUT2D eigenvalue weighted by Crippen LogP contribution is -2.46. The molecule has 76 valence electrons. The van der Waals surface area contributed by atoms with E-state index >= 15 is 0 Å². The van der Waals surface area contributed by atoms with Crippen molar-refractivity contribution in [2.24, 2.45) is 11.7 Å². The molecular weight excluding hydrogens is 168 g/mol. The van der Waals surface area contributed by atoms with Crippen LogP contribution in [0.4, 0.5) is 0 Å². The Morgan fingerprint density at radius 3 is 2.92 bits per heavy atom. The van der Waals surface area contributed by atoms with Gasteiger partial charge in [0, 0.05) is 26.1 Å². The first-order valence-corrected chi connectivity index (χ1v) is 4.81. The molecule has 0 aromatic carbocycles. The molecule has 2 unspecified atom stereocenters. The van der Waals surface area contributed by atoms with Gasteiger partial charge in [-0.05, 0) is 12.3 Å². The zero-order valence-corrected chi connectivity index (χ0v) is 8.07. The Morgan fingerprint density at radius 1 is 1.69 bits per heavy atom. The highest BCUT2D eigenvalue weighted by Gasteiger charge is 2.26. The maximum Gasteiger partial charge on any atom is 0.223 e. The van der Waals surface area contributed by atoms with E-state index in [2.05, 4.69) is 0 Å². The molecule has 0 saturated carbocycles. The number of carbonyl (C=O) groups is 1. The first kappa shape index (κ1) is 10.5. The van der Waals surface area contributed by atoms with Crippen LogP contribution in [0, 0.1) is 5.92 Å². The minimum Gasteiger partial charge on any atom is -0.391 e. The first-order valence-electron chi connectivity index (χ1n) is 4.81. The molecule has 4 nitrogen and oxygen atoms in total. The largest absolute Gasteiger partial charge is 0.391 e. The van der Waals surface area contributed by atoms with Gasteiger partial charge in [-0.3, -0.25) is 4.79 Å². The second-order valence-electron chi connectivity index (χ2n) is 3.71. The molecule has 1 aliphatic heterocycles. The minimum absolute atomic E-state index is 0.0634. The van der Waals surface area contributed by atoms with Gasteiger partial charge >= 0.3 is 0 Å². The molecule has 0 bridgehead atoms. The number of aliphatic hydroxyl groups excluding tert-OH is 1. The summed E-state index contributed by atoms with van der Waals surface area (Å²) in [6.45, 7) is 3.63. The molecule has 0 spiro atoms. The predicted molar refractivity (Wildman–Crippen MR) is 50.0 cm³/mol. The van der Waals surface area contributed by atoms with Crippen LogP contribution in [0.15, 0.2) is 0 Å². The molecule has 0 aliphatic carbocycles. The smallest absolute Gasteiger partial charge is 0.223 e. The number of piperidine rings is 1. The summed E-state index contributed by atoms with van der Waals surface area (Å²) in [5, 5.41) is 9.54. The normalized spacial score (nSPS) is 29.0. The molecule has 0 radical (unpaired) electrons. The van der Waals surface area contributed by atoms with Gasteiger partial charge in [-0.1, -0.05) is 6.92 Å². The van der Waals surface area contributed by atoms with E-state index in [0.717, 1.165) is 13.0 Å². The van der Waals surface area contributed by atoms with Crippen LogP contribution in [0.2, 0.25) is 0 Å². The van der Waals surface area contributed by atoms with Crippen LogP contribution in [0.5, 0.6) is 0 Å². The number of hydrogen-bond acceptors (Lipinski definition) is 3. The third kappa shape index (κ3) is 2.67. The number of amides is 1. The lowest BCUT2D eigenvalue weighted by molar-refractivity contribution is -0.135. The topological polar surface area (TPSA) is 66.6 Å². The Bertz CT molecular complexity index is 184. The van der Waals surface area contributed by atoms with Gasteiger partial charge in [-0.2, -0.15) is 0 Å². The van der Waals surface area contributed by atoms with E-state index in [4.69, 9.17) is 5.73 Å². The van der Waals surface area contributed by atoms with Crippen molar-refractivity contribution in [3.8, 4) is 0 Å². The first-order chi connectivity index (χ1) is 6.15. The molecule has 0 aromatic heterocycles. The molecule has 1 heterocycles. The second-order valence-corrected chi connectivity index (χ2v) is 3.71. The monoisotopic (exact) mass is 186 g/mol. The lowest BCUT2D eigenvalue weighted by Gasteiger charge is -2.34. The highest BCUT2D eigenvalue weighted by Crippen LogP contribution is 2.17. The van der Waals surface area contributed by atoms with Gasteiger partial charge in [-0.25, -0.2) is 0 Å². The van der Waals surface area contributed by atoms with Crippen molar-refractivity contribution in [2.45, 2.75) is 25.9 Å². The Kier molecular flexibility index (Phi) is 3.69. The molecule has 0 aromatic rings. The van der Waals surface area contributed by atoms with Gasteiger partial charge < -0.3 is 15.7 Å². The maximum absolute atomic E-state index is 11.4. The molecular formula is C9H18N2O2. The number of likely N-dealkylation sites (tertiary alicyclic amines) is 1. The number of carbonyl (C=O) groups excluding carboxylic acids is 1. The van der Waals surface area contributed by atoms with E-state index in [9.17, 15) is 9.90 Å². The Balaban J connectivity index is 2.40. The Hall–Kier alpha value is -0.610. The van der Waals surface area contributed by atoms with Crippen molar-refractivity contribution in [1.29, 1.82) is 0 Å². The minimum atomic E-state index is -0.365. The quantitative estimate of drug-likeness (QED) is 0.614. The van der Waals surface area contributed by atoms with Crippen LogP contribution < -0.4 is 5.73 Å². The SMILES string of the molecule is CC1CCN(C(=O)CCN)CC1O. The average Bonchev–Trinajstić information content (AvgIpc) is 2.10. The van der Waals surface area contributed by atoms with E-state index in [0.29, 0.717) is 25.4 Å². The fourth-order valence-electron chi connectivity index (χ4n) is 1.56. The van der Waals surface area contributed by atoms with Gasteiger partial charge in [0.25, 0.3) is 0 Å². The highest BCUT2D eigenvalue weighted by molar-refractivity contribution is 5.76. The lowest BCUT2D eigenvalue weighted by atomic mass is 9.96. The van der Waals surface area contributed by atoms with Crippen LogP contribution in [0.25, 0.3) is 0 Å². The van der Waals surface area contributed by atoms with Crippen molar-refractivity contribution in [1.82, 2.24) is 4.90 Å². The summed E-state index contributed by atoms with van der Waals surface area (Å²) < 4.78 is 0. The zero-order chi connectivity index (χ0) is 9.84. The summed E-state index contributed by atoms with van der Waals surface area (Å²) in [6.07, 6.45) is 0.911. The predicted octanol–water partition coefficient (Wildman–Crippen LogP) is -0.435. The van der Waals surface area contributed by atoms with Gasteiger partial charge in [0.15, 0.2) is 0 Å². The zero-order valence-electron chi connectivity index (χ0n) is 8.07. The van der Waals surface area contributed by atoms with E-state index in [1.54, 1.807) is 4.90 Å². The number of rotatable bonds is 2. The van der Waals surface area contributed by atoms with E-state index in [-0.39, 0.29) is 12.0 Å². The summed E-state index contributed by atoms with van der Waals surface area (Å²) in [5.41, 5.74) is 5.29. The summed E-state index contributed by atoms with van der Waals surface area (Å²) >= 11 is 0. The molecule has 1 rings (SSSR count). The average molecular weight is 186 g/mol. The van der Waals surface area contributed by atoms with Crippen molar-refractivity contribution < 1.29 is 9.90 Å². The van der Waals surface area contributed by atoms with E-state index in [1.807, 2.05) is 6.92 Å². The number of nitrogens with two attached hydrogens (primary N) is 1. The summed E-state index contributed by atoms with van der Waals surface area (Å²) in [6, 6.07) is 0. The van der Waals surface area contributed by atoms with Crippen LogP contribution in [-0.2, 0) is 4.79 Å². The van der Waals surface area contributed by atoms with Gasteiger partial charge in [-0.15, -0.1) is 0 Å². The van der Waals surface area contributed by atoms with Crippen LogP contribution in [0.1, 0.15) is 19.8 Å². The van der Waals surface area contributed by atoms with Crippen LogP contribution >= 0.6 is 0 Å². The molecule has 1 fully saturated rings. The molecule has 3 N–H and O–H groups in total. The summed E-state index contributed by atoms with van der Waals surface area (Å²) in [4.78, 5) is 13.1. The summed E-state index contributed by atoms with van der Waals surface area (Å²) in [7, 11) is 0. The third-order valence-electron chi connectivity index (χ3n) is 2.63. The third-order valence-corrected chi connectivity index (χ3v) is 2.63. The van der Waals surface area contributed by atoms with Crippen molar-refractivity contribution in [3.05, 3.63) is 0 Å². The number of β-amino-alcohol motifs (C(OH)–C–C–N with tert-alkyl or cyclic N) is 1. The van der Waals surface area contributed by atoms with Gasteiger partial charge in [0.1, 0.15) is 0 Å². The number of nitrogens with zero attached hydrogens (tertiary/aromatic N) is 1. The number of aliphatic hydroxyl groups is 1. The van der Waals surface area contributed by atoms with Gasteiger partial charge in [0.05, 0.1) is 6.10 Å². The standard InChI is InChI=1S/C9H18N2O2/c1-7-3-5-11(6-8(7)12)9(13)2-4-10/h7-8,12H,2-6,10H2,1H3. The molecule has 2 atom stereocenters. The van der Waals surface area contributed by atoms with E-state index < -0.39 is 0 Å².